The highest BCUT2D eigenvalue weighted by atomic mass is 35.5. The molecule has 1 aromatic carbocycles. The number of nitrogens with zero attached hydrogens (tertiary/aromatic N) is 1. The predicted molar refractivity (Wildman–Crippen MR) is 105 cm³/mol. The SMILES string of the molecule is CC1(C)CC(=O)c2c([nH]c(-c3ccnc(Cl)c3)c2Nc2ccccc2)C1. The number of anilines is 2. The van der Waals surface area contributed by atoms with Crippen molar-refractivity contribution in [3.8, 4) is 11.3 Å². The quantitative estimate of drug-likeness (QED) is 0.591. The van der Waals surface area contributed by atoms with E-state index in [2.05, 4.69) is 29.1 Å². The van der Waals surface area contributed by atoms with Crippen LogP contribution >= 0.6 is 11.6 Å². The number of carbonyl (C=O) groups is 1. The Morgan fingerprint density at radius 2 is 1.92 bits per heavy atom. The smallest absolute Gasteiger partial charge is 0.167 e. The molecule has 0 atom stereocenters. The third kappa shape index (κ3) is 3.13. The molecular weight excluding hydrogens is 346 g/mol. The van der Waals surface area contributed by atoms with E-state index < -0.39 is 0 Å². The summed E-state index contributed by atoms with van der Waals surface area (Å²) in [4.78, 5) is 20.5. The molecule has 1 aliphatic carbocycles. The summed E-state index contributed by atoms with van der Waals surface area (Å²) in [7, 11) is 0. The topological polar surface area (TPSA) is 57.8 Å². The lowest BCUT2D eigenvalue weighted by molar-refractivity contribution is 0.0912. The number of nitrogens with one attached hydrogen (secondary N) is 2. The van der Waals surface area contributed by atoms with Crippen molar-refractivity contribution in [1.82, 2.24) is 9.97 Å². The fourth-order valence-corrected chi connectivity index (χ4v) is 3.80. The molecule has 2 aromatic heterocycles. The third-order valence-electron chi connectivity index (χ3n) is 4.71. The van der Waals surface area contributed by atoms with Gasteiger partial charge in [-0.15, -0.1) is 0 Å². The summed E-state index contributed by atoms with van der Waals surface area (Å²) in [5.41, 5.74) is 5.22. The van der Waals surface area contributed by atoms with Crippen molar-refractivity contribution in [2.24, 2.45) is 5.41 Å². The molecule has 0 saturated carbocycles. The van der Waals surface area contributed by atoms with Crippen LogP contribution in [0.5, 0.6) is 0 Å². The van der Waals surface area contributed by atoms with E-state index >= 15 is 0 Å². The van der Waals surface area contributed by atoms with E-state index in [4.69, 9.17) is 11.6 Å². The van der Waals surface area contributed by atoms with Crippen LogP contribution in [0.15, 0.2) is 48.7 Å². The third-order valence-corrected chi connectivity index (χ3v) is 4.92. The van der Waals surface area contributed by atoms with Gasteiger partial charge in [0.2, 0.25) is 0 Å². The van der Waals surface area contributed by atoms with Crippen LogP contribution in [0.25, 0.3) is 11.3 Å². The van der Waals surface area contributed by atoms with Crippen LogP contribution in [0.2, 0.25) is 5.15 Å². The zero-order valence-corrected chi connectivity index (χ0v) is 15.5. The van der Waals surface area contributed by atoms with Crippen LogP contribution in [0.1, 0.15) is 36.3 Å². The fourth-order valence-electron chi connectivity index (χ4n) is 3.62. The number of benzene rings is 1. The van der Waals surface area contributed by atoms with Gasteiger partial charge in [-0.2, -0.15) is 0 Å². The first-order chi connectivity index (χ1) is 12.4. The lowest BCUT2D eigenvalue weighted by Gasteiger charge is -2.28. The van der Waals surface area contributed by atoms with Crippen molar-refractivity contribution in [3.05, 3.63) is 65.1 Å². The zero-order chi connectivity index (χ0) is 18.3. The molecule has 0 bridgehead atoms. The second-order valence-electron chi connectivity index (χ2n) is 7.53. The van der Waals surface area contributed by atoms with Crippen LogP contribution in [0.4, 0.5) is 11.4 Å². The number of carbonyl (C=O) groups excluding carboxylic acids is 1. The normalized spacial score (nSPS) is 15.6. The summed E-state index contributed by atoms with van der Waals surface area (Å²) >= 11 is 6.10. The van der Waals surface area contributed by atoms with Crippen molar-refractivity contribution < 1.29 is 4.79 Å². The highest BCUT2D eigenvalue weighted by Crippen LogP contribution is 2.43. The first-order valence-electron chi connectivity index (χ1n) is 8.65. The van der Waals surface area contributed by atoms with Crippen molar-refractivity contribution in [1.29, 1.82) is 0 Å². The molecule has 0 aliphatic heterocycles. The van der Waals surface area contributed by atoms with E-state index in [0.29, 0.717) is 11.6 Å². The van der Waals surface area contributed by atoms with Gasteiger partial charge in [-0.05, 0) is 36.1 Å². The van der Waals surface area contributed by atoms with Crippen molar-refractivity contribution in [3.63, 3.8) is 0 Å². The van der Waals surface area contributed by atoms with Crippen LogP contribution in [0, 0.1) is 5.41 Å². The molecule has 2 N–H and O–H groups in total. The number of aromatic nitrogens is 2. The standard InChI is InChI=1S/C21H20ClN3O/c1-21(2)11-15-18(16(26)12-21)20(24-14-6-4-3-5-7-14)19(25-15)13-8-9-23-17(22)10-13/h3-10,24-25H,11-12H2,1-2H3. The minimum absolute atomic E-state index is 0.0495. The minimum Gasteiger partial charge on any atom is -0.356 e. The van der Waals surface area contributed by atoms with Gasteiger partial charge >= 0.3 is 0 Å². The van der Waals surface area contributed by atoms with Gasteiger partial charge in [0.1, 0.15) is 5.15 Å². The van der Waals surface area contributed by atoms with E-state index in [1.807, 2.05) is 42.5 Å². The maximum Gasteiger partial charge on any atom is 0.167 e. The number of fused-ring (bicyclic) bond motifs is 1. The number of pyridine rings is 1. The fraction of sp³-hybridized carbons (Fsp3) is 0.238. The molecule has 132 valence electrons. The van der Waals surface area contributed by atoms with E-state index in [1.54, 1.807) is 6.20 Å². The Morgan fingerprint density at radius 1 is 1.15 bits per heavy atom. The van der Waals surface area contributed by atoms with Crippen molar-refractivity contribution in [2.75, 3.05) is 5.32 Å². The molecule has 4 nitrogen and oxygen atoms in total. The average Bonchev–Trinajstić information content (AvgIpc) is 2.93. The Bertz CT molecular complexity index is 976. The van der Waals surface area contributed by atoms with Crippen LogP contribution in [-0.4, -0.2) is 15.8 Å². The summed E-state index contributed by atoms with van der Waals surface area (Å²) in [6, 6.07) is 13.6. The van der Waals surface area contributed by atoms with E-state index in [1.165, 1.54) is 0 Å². The number of ketones is 1. The van der Waals surface area contributed by atoms with Gasteiger partial charge in [-0.25, -0.2) is 4.98 Å². The van der Waals surface area contributed by atoms with E-state index in [0.717, 1.165) is 40.3 Å². The molecule has 0 fully saturated rings. The second kappa shape index (κ2) is 6.29. The summed E-state index contributed by atoms with van der Waals surface area (Å²) in [5.74, 6) is 0.164. The minimum atomic E-state index is -0.0495. The Kier molecular flexibility index (Phi) is 4.08. The average molecular weight is 366 g/mol. The van der Waals surface area contributed by atoms with Gasteiger partial charge < -0.3 is 10.3 Å². The molecule has 2 heterocycles. The van der Waals surface area contributed by atoms with Gasteiger partial charge in [-0.3, -0.25) is 4.79 Å². The van der Waals surface area contributed by atoms with Crippen molar-refractivity contribution in [2.45, 2.75) is 26.7 Å². The Balaban J connectivity index is 1.89. The largest absolute Gasteiger partial charge is 0.356 e. The molecule has 0 radical (unpaired) electrons. The Labute approximate surface area is 157 Å². The maximum absolute atomic E-state index is 12.9. The molecule has 26 heavy (non-hydrogen) atoms. The lowest BCUT2D eigenvalue weighted by atomic mass is 9.76. The Hall–Kier alpha value is -2.59. The van der Waals surface area contributed by atoms with Crippen molar-refractivity contribution >= 4 is 28.8 Å². The number of hydrogen-bond acceptors (Lipinski definition) is 3. The second-order valence-corrected chi connectivity index (χ2v) is 7.92. The molecule has 3 aromatic rings. The maximum atomic E-state index is 12.9. The van der Waals surface area contributed by atoms with Gasteiger partial charge in [-0.1, -0.05) is 43.6 Å². The lowest BCUT2D eigenvalue weighted by Crippen LogP contribution is -2.26. The van der Waals surface area contributed by atoms with Crippen LogP contribution in [-0.2, 0) is 6.42 Å². The number of Topliss-reactive ketones (excluding diaryl/α,β-unsaturated/α-hetero) is 1. The van der Waals surface area contributed by atoms with E-state index in [-0.39, 0.29) is 11.2 Å². The van der Waals surface area contributed by atoms with Crippen LogP contribution in [0.3, 0.4) is 0 Å². The molecule has 4 rings (SSSR count). The zero-order valence-electron chi connectivity index (χ0n) is 14.8. The molecule has 0 amide bonds. The number of H-pyrrole nitrogens is 1. The molecular formula is C21H20ClN3O. The summed E-state index contributed by atoms with van der Waals surface area (Å²) in [5, 5.41) is 3.86. The van der Waals surface area contributed by atoms with Gasteiger partial charge in [0, 0.05) is 29.6 Å². The molecule has 0 saturated heterocycles. The number of halogens is 1. The number of rotatable bonds is 3. The van der Waals surface area contributed by atoms with Crippen LogP contribution < -0.4 is 5.32 Å². The molecule has 0 spiro atoms. The number of aromatic amines is 1. The van der Waals surface area contributed by atoms with Gasteiger partial charge in [0.25, 0.3) is 0 Å². The monoisotopic (exact) mass is 365 g/mol. The highest BCUT2D eigenvalue weighted by molar-refractivity contribution is 6.29. The summed E-state index contributed by atoms with van der Waals surface area (Å²) in [6.07, 6.45) is 3.05. The first-order valence-corrected chi connectivity index (χ1v) is 9.03. The highest BCUT2D eigenvalue weighted by Gasteiger charge is 2.35. The number of hydrogen-bond donors (Lipinski definition) is 2. The number of para-hydroxylation sites is 1. The Morgan fingerprint density at radius 3 is 2.65 bits per heavy atom. The molecule has 5 heteroatoms. The summed E-state index contributed by atoms with van der Waals surface area (Å²) in [6.45, 7) is 4.25. The molecule has 0 unspecified atom stereocenters. The van der Waals surface area contributed by atoms with Gasteiger partial charge in [0.05, 0.1) is 16.9 Å². The van der Waals surface area contributed by atoms with Gasteiger partial charge in [0.15, 0.2) is 5.78 Å². The predicted octanol–water partition coefficient (Wildman–Crippen LogP) is 5.63. The summed E-state index contributed by atoms with van der Waals surface area (Å²) < 4.78 is 0. The molecule has 1 aliphatic rings. The first kappa shape index (κ1) is 16.9. The van der Waals surface area contributed by atoms with E-state index in [9.17, 15) is 4.79 Å².